The van der Waals surface area contributed by atoms with Crippen molar-refractivity contribution in [3.8, 4) is 10.6 Å². The van der Waals surface area contributed by atoms with E-state index in [4.69, 9.17) is 11.6 Å². The van der Waals surface area contributed by atoms with Crippen molar-refractivity contribution in [3.05, 3.63) is 52.0 Å². The summed E-state index contributed by atoms with van der Waals surface area (Å²) in [5.74, 6) is 0. The van der Waals surface area contributed by atoms with Crippen molar-refractivity contribution in [1.82, 2.24) is 4.98 Å². The summed E-state index contributed by atoms with van der Waals surface area (Å²) in [6, 6.07) is 13.9. The predicted octanol–water partition coefficient (Wildman–Crippen LogP) is 5.38. The zero-order chi connectivity index (χ0) is 11.8. The summed E-state index contributed by atoms with van der Waals surface area (Å²) in [5.41, 5.74) is 2.13. The van der Waals surface area contributed by atoms with Crippen LogP contribution in [0.3, 0.4) is 0 Å². The number of halogens is 2. The second-order valence-electron chi connectivity index (χ2n) is 3.64. The molecule has 3 rings (SSSR count). The standard InChI is InChI=1S/C13H7BrClNS/c14-9-3-6-11-12(7-9)17-13(16-11)8-1-4-10(15)5-2-8/h1-7H. The summed E-state index contributed by atoms with van der Waals surface area (Å²) in [6.07, 6.45) is 0. The van der Waals surface area contributed by atoms with Gasteiger partial charge < -0.3 is 0 Å². The first-order valence-electron chi connectivity index (χ1n) is 5.04. The van der Waals surface area contributed by atoms with Crippen LogP contribution in [0, 0.1) is 0 Å². The van der Waals surface area contributed by atoms with Crippen LogP contribution in [-0.2, 0) is 0 Å². The average molecular weight is 325 g/mol. The molecule has 1 aromatic heterocycles. The van der Waals surface area contributed by atoms with Gasteiger partial charge in [0.25, 0.3) is 0 Å². The Labute approximate surface area is 116 Å². The highest BCUT2D eigenvalue weighted by atomic mass is 79.9. The van der Waals surface area contributed by atoms with Crippen molar-refractivity contribution in [3.63, 3.8) is 0 Å². The molecule has 0 saturated heterocycles. The molecule has 2 aromatic carbocycles. The van der Waals surface area contributed by atoms with Crippen LogP contribution in [0.5, 0.6) is 0 Å². The molecule has 0 radical (unpaired) electrons. The highest BCUT2D eigenvalue weighted by molar-refractivity contribution is 9.10. The molecule has 0 unspecified atom stereocenters. The van der Waals surface area contributed by atoms with E-state index in [9.17, 15) is 0 Å². The Balaban J connectivity index is 2.14. The molecule has 0 amide bonds. The molecule has 0 aliphatic carbocycles. The van der Waals surface area contributed by atoms with Gasteiger partial charge in [-0.3, -0.25) is 0 Å². The Bertz CT molecular complexity index is 675. The molecule has 84 valence electrons. The molecule has 0 spiro atoms. The third-order valence-electron chi connectivity index (χ3n) is 2.44. The first kappa shape index (κ1) is 11.2. The predicted molar refractivity (Wildman–Crippen MR) is 77.8 cm³/mol. The number of hydrogen-bond acceptors (Lipinski definition) is 2. The molecular weight excluding hydrogens is 318 g/mol. The second kappa shape index (κ2) is 4.41. The average Bonchev–Trinajstić information content (AvgIpc) is 2.72. The van der Waals surface area contributed by atoms with Crippen LogP contribution >= 0.6 is 38.9 Å². The van der Waals surface area contributed by atoms with Crippen LogP contribution in [0.1, 0.15) is 0 Å². The summed E-state index contributed by atoms with van der Waals surface area (Å²) < 4.78 is 2.26. The summed E-state index contributed by atoms with van der Waals surface area (Å²) >= 11 is 11.0. The van der Waals surface area contributed by atoms with Gasteiger partial charge in [-0.1, -0.05) is 39.7 Å². The molecule has 0 aliphatic rings. The summed E-state index contributed by atoms with van der Waals surface area (Å²) in [7, 11) is 0. The number of benzene rings is 2. The van der Waals surface area contributed by atoms with E-state index in [2.05, 4.69) is 27.0 Å². The number of aromatic nitrogens is 1. The van der Waals surface area contributed by atoms with Gasteiger partial charge in [0.05, 0.1) is 10.2 Å². The fourth-order valence-electron chi connectivity index (χ4n) is 1.61. The zero-order valence-corrected chi connectivity index (χ0v) is 11.8. The quantitative estimate of drug-likeness (QED) is 0.585. The largest absolute Gasteiger partial charge is 0.236 e. The molecule has 1 nitrogen and oxygen atoms in total. The molecule has 0 atom stereocenters. The molecule has 0 bridgehead atoms. The van der Waals surface area contributed by atoms with Crippen molar-refractivity contribution >= 4 is 49.1 Å². The summed E-state index contributed by atoms with van der Waals surface area (Å²) in [5, 5.41) is 1.77. The van der Waals surface area contributed by atoms with Crippen molar-refractivity contribution in [2.75, 3.05) is 0 Å². The van der Waals surface area contributed by atoms with Crippen LogP contribution in [0.15, 0.2) is 46.9 Å². The van der Waals surface area contributed by atoms with Gasteiger partial charge in [0.2, 0.25) is 0 Å². The number of hydrogen-bond donors (Lipinski definition) is 0. The molecule has 17 heavy (non-hydrogen) atoms. The van der Waals surface area contributed by atoms with E-state index in [1.54, 1.807) is 11.3 Å². The molecular formula is C13H7BrClNS. The third-order valence-corrected chi connectivity index (χ3v) is 4.25. The lowest BCUT2D eigenvalue weighted by molar-refractivity contribution is 1.47. The minimum Gasteiger partial charge on any atom is -0.236 e. The van der Waals surface area contributed by atoms with E-state index in [0.717, 1.165) is 25.6 Å². The molecule has 0 N–H and O–H groups in total. The van der Waals surface area contributed by atoms with Crippen LogP contribution in [-0.4, -0.2) is 4.98 Å². The Hall–Kier alpha value is -0.900. The summed E-state index contributed by atoms with van der Waals surface area (Å²) in [4.78, 5) is 4.61. The second-order valence-corrected chi connectivity index (χ2v) is 6.02. The molecule has 0 saturated carbocycles. The SMILES string of the molecule is Clc1ccc(-c2nc3ccc(Br)cc3s2)cc1. The first-order chi connectivity index (χ1) is 8.22. The Kier molecular flexibility index (Phi) is 2.90. The Morgan fingerprint density at radius 1 is 1.06 bits per heavy atom. The highest BCUT2D eigenvalue weighted by Gasteiger charge is 2.06. The zero-order valence-electron chi connectivity index (χ0n) is 8.65. The molecule has 4 heteroatoms. The van der Waals surface area contributed by atoms with E-state index in [1.165, 1.54) is 4.70 Å². The van der Waals surface area contributed by atoms with Crippen molar-refractivity contribution in [2.45, 2.75) is 0 Å². The maximum atomic E-state index is 5.88. The van der Waals surface area contributed by atoms with Gasteiger partial charge in [-0.2, -0.15) is 0 Å². The van der Waals surface area contributed by atoms with Crippen LogP contribution in [0.2, 0.25) is 5.02 Å². The van der Waals surface area contributed by atoms with Crippen molar-refractivity contribution in [1.29, 1.82) is 0 Å². The fourth-order valence-corrected chi connectivity index (χ4v) is 3.26. The number of fused-ring (bicyclic) bond motifs is 1. The van der Waals surface area contributed by atoms with Gasteiger partial charge in [0, 0.05) is 15.1 Å². The maximum absolute atomic E-state index is 5.88. The van der Waals surface area contributed by atoms with Crippen LogP contribution in [0.4, 0.5) is 0 Å². The van der Waals surface area contributed by atoms with Crippen LogP contribution < -0.4 is 0 Å². The Morgan fingerprint density at radius 3 is 2.59 bits per heavy atom. The molecule has 0 aliphatic heterocycles. The minimum absolute atomic E-state index is 0.748. The van der Waals surface area contributed by atoms with E-state index in [0.29, 0.717) is 0 Å². The molecule has 3 aromatic rings. The highest BCUT2D eigenvalue weighted by Crippen LogP contribution is 2.32. The van der Waals surface area contributed by atoms with Gasteiger partial charge in [-0.15, -0.1) is 11.3 Å². The molecule has 0 fully saturated rings. The van der Waals surface area contributed by atoms with Crippen molar-refractivity contribution in [2.24, 2.45) is 0 Å². The van der Waals surface area contributed by atoms with Gasteiger partial charge in [0.1, 0.15) is 5.01 Å². The third kappa shape index (κ3) is 2.23. The number of rotatable bonds is 1. The lowest BCUT2D eigenvalue weighted by Gasteiger charge is -1.94. The topological polar surface area (TPSA) is 12.9 Å². The molecule has 1 heterocycles. The number of nitrogens with zero attached hydrogens (tertiary/aromatic N) is 1. The summed E-state index contributed by atoms with van der Waals surface area (Å²) in [6.45, 7) is 0. The first-order valence-corrected chi connectivity index (χ1v) is 7.03. The van der Waals surface area contributed by atoms with Gasteiger partial charge in [-0.25, -0.2) is 4.98 Å². The number of thiazole rings is 1. The smallest absolute Gasteiger partial charge is 0.124 e. The lowest BCUT2D eigenvalue weighted by Crippen LogP contribution is -1.74. The normalized spacial score (nSPS) is 10.9. The van der Waals surface area contributed by atoms with Crippen LogP contribution in [0.25, 0.3) is 20.8 Å². The van der Waals surface area contributed by atoms with E-state index in [-0.39, 0.29) is 0 Å². The van der Waals surface area contributed by atoms with E-state index < -0.39 is 0 Å². The fraction of sp³-hybridized carbons (Fsp3) is 0. The van der Waals surface area contributed by atoms with Gasteiger partial charge >= 0.3 is 0 Å². The van der Waals surface area contributed by atoms with Crippen molar-refractivity contribution < 1.29 is 0 Å². The van der Waals surface area contributed by atoms with Gasteiger partial charge in [-0.05, 0) is 30.3 Å². The lowest BCUT2D eigenvalue weighted by atomic mass is 10.2. The monoisotopic (exact) mass is 323 g/mol. The Morgan fingerprint density at radius 2 is 1.82 bits per heavy atom. The van der Waals surface area contributed by atoms with Gasteiger partial charge in [0.15, 0.2) is 0 Å². The maximum Gasteiger partial charge on any atom is 0.124 e. The van der Waals surface area contributed by atoms with E-state index >= 15 is 0 Å². The minimum atomic E-state index is 0.748. The van der Waals surface area contributed by atoms with E-state index in [1.807, 2.05) is 36.4 Å².